The van der Waals surface area contributed by atoms with Gasteiger partial charge in [0.15, 0.2) is 0 Å². The molecule has 0 spiro atoms. The number of carboxylic acids is 1. The van der Waals surface area contributed by atoms with E-state index in [4.69, 9.17) is 20.8 Å². The van der Waals surface area contributed by atoms with E-state index in [0.29, 0.717) is 10.6 Å². The van der Waals surface area contributed by atoms with Gasteiger partial charge in [0.2, 0.25) is 5.89 Å². The van der Waals surface area contributed by atoms with Gasteiger partial charge in [-0.15, -0.1) is 10.2 Å². The van der Waals surface area contributed by atoms with Crippen LogP contribution >= 0.6 is 23.4 Å². The van der Waals surface area contributed by atoms with E-state index in [-0.39, 0.29) is 22.1 Å². The number of benzene rings is 3. The molecule has 0 aliphatic heterocycles. The van der Waals surface area contributed by atoms with Crippen molar-refractivity contribution in [2.75, 3.05) is 0 Å². The normalized spacial score (nSPS) is 11.8. The molecule has 0 saturated heterocycles. The van der Waals surface area contributed by atoms with Crippen molar-refractivity contribution in [3.05, 3.63) is 76.2 Å². The Bertz CT molecular complexity index is 1300. The molecule has 1 N–H and O–H groups in total. The van der Waals surface area contributed by atoms with E-state index in [1.54, 1.807) is 30.3 Å². The summed E-state index contributed by atoms with van der Waals surface area (Å²) >= 11 is 6.81. The van der Waals surface area contributed by atoms with Gasteiger partial charge in [-0.25, -0.2) is 4.79 Å². The molecule has 32 heavy (non-hydrogen) atoms. The molecule has 0 aliphatic carbocycles. The summed E-state index contributed by atoms with van der Waals surface area (Å²) in [5, 5.41) is 20.3. The summed E-state index contributed by atoms with van der Waals surface area (Å²) < 4.78 is 11.6. The molecule has 162 valence electrons. The second-order valence-corrected chi connectivity index (χ2v) is 8.59. The van der Waals surface area contributed by atoms with Gasteiger partial charge in [0, 0.05) is 16.0 Å². The van der Waals surface area contributed by atoms with Gasteiger partial charge in [0.25, 0.3) is 5.22 Å². The number of thioether (sulfide) groups is 1. The predicted octanol–water partition coefficient (Wildman–Crippen LogP) is 6.55. The molecule has 1 heterocycles. The quantitative estimate of drug-likeness (QED) is 0.244. The van der Waals surface area contributed by atoms with Crippen LogP contribution in [0.1, 0.15) is 19.4 Å². The van der Waals surface area contributed by atoms with Crippen molar-refractivity contribution < 1.29 is 19.1 Å². The molecule has 0 aliphatic rings. The molecule has 0 fully saturated rings. The maximum absolute atomic E-state index is 12.0. The summed E-state index contributed by atoms with van der Waals surface area (Å²) in [5.41, 5.74) is 1.44. The van der Waals surface area contributed by atoms with Gasteiger partial charge in [-0.05, 0) is 73.0 Å². The minimum absolute atomic E-state index is 0.0253. The number of carboxylic acid groups (broad SMARTS) is 1. The van der Waals surface area contributed by atoms with Crippen molar-refractivity contribution in [3.8, 4) is 17.2 Å². The number of aromatic nitrogens is 2. The standard InChI is InChI=1S/C24H19ClN2O4S/c1-14(2)30-20-12-9-16(18-5-3-4-6-19(18)20)13-21(23(28)29)32-24-27-26-22(31-24)15-7-10-17(25)11-8-15/h3-14H,1-2H3,(H,28,29)/b21-13-. The third-order valence-electron chi connectivity index (χ3n) is 4.47. The second kappa shape index (κ2) is 9.46. The summed E-state index contributed by atoms with van der Waals surface area (Å²) in [4.78, 5) is 12.0. The van der Waals surface area contributed by atoms with Crippen LogP contribution in [0.3, 0.4) is 0 Å². The summed E-state index contributed by atoms with van der Waals surface area (Å²) in [5.74, 6) is -0.0517. The smallest absolute Gasteiger partial charge is 0.342 e. The van der Waals surface area contributed by atoms with E-state index in [1.807, 2.05) is 50.2 Å². The van der Waals surface area contributed by atoms with Gasteiger partial charge in [-0.3, -0.25) is 0 Å². The van der Waals surface area contributed by atoms with Crippen molar-refractivity contribution in [1.29, 1.82) is 0 Å². The minimum atomic E-state index is -1.09. The van der Waals surface area contributed by atoms with Crippen LogP contribution in [0.4, 0.5) is 0 Å². The largest absolute Gasteiger partial charge is 0.490 e. The maximum atomic E-state index is 12.0. The van der Waals surface area contributed by atoms with Gasteiger partial charge >= 0.3 is 5.97 Å². The second-order valence-electron chi connectivity index (χ2n) is 7.16. The lowest BCUT2D eigenvalue weighted by atomic mass is 10.0. The predicted molar refractivity (Wildman–Crippen MR) is 126 cm³/mol. The Labute approximate surface area is 193 Å². The topological polar surface area (TPSA) is 85.5 Å². The fourth-order valence-electron chi connectivity index (χ4n) is 3.11. The summed E-state index contributed by atoms with van der Waals surface area (Å²) in [7, 11) is 0. The molecule has 4 rings (SSSR count). The van der Waals surface area contributed by atoms with Crippen LogP contribution in [-0.4, -0.2) is 27.4 Å². The van der Waals surface area contributed by atoms with Gasteiger partial charge < -0.3 is 14.3 Å². The zero-order valence-electron chi connectivity index (χ0n) is 17.3. The fourth-order valence-corrected chi connectivity index (χ4v) is 3.90. The molecule has 6 nitrogen and oxygen atoms in total. The molecule has 0 bridgehead atoms. The minimum Gasteiger partial charge on any atom is -0.490 e. The SMILES string of the molecule is CC(C)Oc1ccc(/C=C(\Sc2nnc(-c3ccc(Cl)cc3)o2)C(=O)O)c2ccccc12. The van der Waals surface area contributed by atoms with Gasteiger partial charge in [-0.1, -0.05) is 41.9 Å². The van der Waals surface area contributed by atoms with Gasteiger partial charge in [-0.2, -0.15) is 0 Å². The highest BCUT2D eigenvalue weighted by Gasteiger charge is 2.17. The van der Waals surface area contributed by atoms with Crippen LogP contribution in [0, 0.1) is 0 Å². The third-order valence-corrected chi connectivity index (χ3v) is 5.58. The molecule has 1 aromatic heterocycles. The van der Waals surface area contributed by atoms with E-state index < -0.39 is 5.97 Å². The van der Waals surface area contributed by atoms with E-state index >= 15 is 0 Å². The Morgan fingerprint density at radius 1 is 1.06 bits per heavy atom. The zero-order chi connectivity index (χ0) is 22.7. The monoisotopic (exact) mass is 466 g/mol. The van der Waals surface area contributed by atoms with E-state index in [1.165, 1.54) is 0 Å². The molecule has 8 heteroatoms. The van der Waals surface area contributed by atoms with E-state index in [0.717, 1.165) is 33.8 Å². The third kappa shape index (κ3) is 4.95. The first-order chi connectivity index (χ1) is 15.4. The van der Waals surface area contributed by atoms with Crippen molar-refractivity contribution >= 4 is 46.2 Å². The zero-order valence-corrected chi connectivity index (χ0v) is 18.9. The molecular formula is C24H19ClN2O4S. The van der Waals surface area contributed by atoms with Crippen molar-refractivity contribution in [1.82, 2.24) is 10.2 Å². The highest BCUT2D eigenvalue weighted by atomic mass is 35.5. The number of carbonyl (C=O) groups is 1. The van der Waals surface area contributed by atoms with Crippen LogP contribution in [0.5, 0.6) is 5.75 Å². The number of ether oxygens (including phenoxy) is 1. The lowest BCUT2D eigenvalue weighted by molar-refractivity contribution is -0.131. The number of hydrogen-bond acceptors (Lipinski definition) is 6. The molecule has 0 unspecified atom stereocenters. The fraction of sp³-hybridized carbons (Fsp3) is 0.125. The van der Waals surface area contributed by atoms with Crippen LogP contribution in [0.25, 0.3) is 28.3 Å². The van der Waals surface area contributed by atoms with Crippen molar-refractivity contribution in [2.45, 2.75) is 25.2 Å². The first-order valence-electron chi connectivity index (χ1n) is 9.81. The Kier molecular flexibility index (Phi) is 6.48. The summed E-state index contributed by atoms with van der Waals surface area (Å²) in [6.07, 6.45) is 1.62. The average Bonchev–Trinajstić information content (AvgIpc) is 3.23. The molecule has 0 saturated carbocycles. The lowest BCUT2D eigenvalue weighted by Gasteiger charge is -2.14. The number of nitrogens with zero attached hydrogens (tertiary/aromatic N) is 2. The van der Waals surface area contributed by atoms with Crippen molar-refractivity contribution in [2.24, 2.45) is 0 Å². The number of halogens is 1. The molecule has 4 aromatic rings. The maximum Gasteiger partial charge on any atom is 0.342 e. The lowest BCUT2D eigenvalue weighted by Crippen LogP contribution is -2.06. The first-order valence-corrected chi connectivity index (χ1v) is 11.0. The summed E-state index contributed by atoms with van der Waals surface area (Å²) in [6, 6.07) is 18.4. The van der Waals surface area contributed by atoms with Crippen LogP contribution in [0.15, 0.2) is 75.2 Å². The Hall–Kier alpha value is -3.29. The van der Waals surface area contributed by atoms with Crippen LogP contribution < -0.4 is 4.74 Å². The molecular weight excluding hydrogens is 448 g/mol. The van der Waals surface area contributed by atoms with E-state index in [2.05, 4.69) is 10.2 Å². The molecule has 0 radical (unpaired) electrons. The molecule has 0 atom stereocenters. The Balaban J connectivity index is 1.67. The number of aliphatic carboxylic acids is 1. The molecule has 0 amide bonds. The summed E-state index contributed by atoms with van der Waals surface area (Å²) in [6.45, 7) is 3.93. The highest BCUT2D eigenvalue weighted by molar-refractivity contribution is 8.03. The number of rotatable bonds is 7. The molecule has 3 aromatic carbocycles. The number of fused-ring (bicyclic) bond motifs is 1. The van der Waals surface area contributed by atoms with Crippen LogP contribution in [0.2, 0.25) is 5.02 Å². The van der Waals surface area contributed by atoms with Gasteiger partial charge in [0.1, 0.15) is 10.7 Å². The van der Waals surface area contributed by atoms with Crippen LogP contribution in [-0.2, 0) is 4.79 Å². The van der Waals surface area contributed by atoms with E-state index in [9.17, 15) is 9.90 Å². The average molecular weight is 467 g/mol. The van der Waals surface area contributed by atoms with Gasteiger partial charge in [0.05, 0.1) is 6.10 Å². The Morgan fingerprint density at radius 3 is 2.47 bits per heavy atom. The first kappa shape index (κ1) is 21.9. The highest BCUT2D eigenvalue weighted by Crippen LogP contribution is 2.34. The number of hydrogen-bond donors (Lipinski definition) is 1. The Morgan fingerprint density at radius 2 is 1.78 bits per heavy atom. The van der Waals surface area contributed by atoms with Crippen molar-refractivity contribution in [3.63, 3.8) is 0 Å².